The zero-order chi connectivity index (χ0) is 15.9. The minimum atomic E-state index is -0.630. The van der Waals surface area contributed by atoms with E-state index in [1.807, 2.05) is 24.3 Å². The van der Waals surface area contributed by atoms with E-state index in [1.54, 1.807) is 7.11 Å². The van der Waals surface area contributed by atoms with Crippen LogP contribution in [0.4, 0.5) is 11.5 Å². The number of rotatable bonds is 4. The van der Waals surface area contributed by atoms with Crippen LogP contribution in [0.3, 0.4) is 0 Å². The Bertz CT molecular complexity index is 756. The Morgan fingerprint density at radius 1 is 1.30 bits per heavy atom. The number of carbonyl (C=O) groups is 1. The highest BCUT2D eigenvalue weighted by Gasteiger charge is 2.55. The van der Waals surface area contributed by atoms with Gasteiger partial charge in [-0.2, -0.15) is 0 Å². The molecular formula is C16H16N4O3. The molecule has 1 amide bonds. The predicted molar refractivity (Wildman–Crippen MR) is 83.5 cm³/mol. The molecule has 3 heterocycles. The number of nitrogens with zero attached hydrogens (tertiary/aromatic N) is 2. The normalized spacial score (nSPS) is 17.3. The molecule has 2 aliphatic rings. The summed E-state index contributed by atoms with van der Waals surface area (Å²) in [5.41, 5.74) is 1.84. The Morgan fingerprint density at radius 3 is 2.74 bits per heavy atom. The molecule has 118 valence electrons. The van der Waals surface area contributed by atoms with Gasteiger partial charge < -0.3 is 20.1 Å². The summed E-state index contributed by atoms with van der Waals surface area (Å²) < 4.78 is 10.4. The van der Waals surface area contributed by atoms with Crippen molar-refractivity contribution in [2.75, 3.05) is 31.0 Å². The van der Waals surface area contributed by atoms with Gasteiger partial charge in [-0.1, -0.05) is 12.1 Å². The zero-order valence-electron chi connectivity index (χ0n) is 12.6. The van der Waals surface area contributed by atoms with Crippen LogP contribution < -0.4 is 15.4 Å². The number of hydrogen-bond acceptors (Lipinski definition) is 6. The van der Waals surface area contributed by atoms with E-state index in [2.05, 4.69) is 20.6 Å². The number of ether oxygens (including phenoxy) is 2. The fourth-order valence-electron chi connectivity index (χ4n) is 2.84. The lowest BCUT2D eigenvalue weighted by Crippen LogP contribution is -2.52. The summed E-state index contributed by atoms with van der Waals surface area (Å²) in [6, 6.07) is 7.77. The third-order valence-corrected chi connectivity index (χ3v) is 4.29. The number of methoxy groups -OCH3 is 1. The van der Waals surface area contributed by atoms with Gasteiger partial charge in [0.15, 0.2) is 5.82 Å². The van der Waals surface area contributed by atoms with Crippen LogP contribution in [-0.4, -0.2) is 36.2 Å². The zero-order valence-corrected chi connectivity index (χ0v) is 12.6. The van der Waals surface area contributed by atoms with E-state index in [0.29, 0.717) is 31.3 Å². The van der Waals surface area contributed by atoms with E-state index in [0.717, 1.165) is 17.0 Å². The van der Waals surface area contributed by atoms with E-state index in [-0.39, 0.29) is 5.91 Å². The number of fused-ring (bicyclic) bond motifs is 2. The highest BCUT2D eigenvalue weighted by atomic mass is 16.5. The van der Waals surface area contributed by atoms with Crippen molar-refractivity contribution >= 4 is 17.4 Å². The van der Waals surface area contributed by atoms with E-state index < -0.39 is 5.41 Å². The number of anilines is 2. The van der Waals surface area contributed by atoms with Crippen molar-refractivity contribution < 1.29 is 14.3 Å². The van der Waals surface area contributed by atoms with Crippen molar-refractivity contribution in [3.05, 3.63) is 41.9 Å². The fourth-order valence-corrected chi connectivity index (χ4v) is 2.84. The summed E-state index contributed by atoms with van der Waals surface area (Å²) in [5.74, 6) is 1.38. The molecule has 1 saturated heterocycles. The average Bonchev–Trinajstić information content (AvgIpc) is 2.85. The lowest BCUT2D eigenvalue weighted by molar-refractivity contribution is -0.138. The Balaban J connectivity index is 1.55. The summed E-state index contributed by atoms with van der Waals surface area (Å²) in [4.78, 5) is 20.8. The van der Waals surface area contributed by atoms with Crippen LogP contribution in [0, 0.1) is 0 Å². The van der Waals surface area contributed by atoms with Crippen LogP contribution in [0.25, 0.3) is 0 Å². The van der Waals surface area contributed by atoms with Gasteiger partial charge in [-0.25, -0.2) is 9.97 Å². The molecule has 1 fully saturated rings. The van der Waals surface area contributed by atoms with Gasteiger partial charge in [0.2, 0.25) is 5.91 Å². The van der Waals surface area contributed by atoms with Crippen molar-refractivity contribution in [2.24, 2.45) is 0 Å². The molecule has 0 bridgehead atoms. The third-order valence-electron chi connectivity index (χ3n) is 4.29. The highest BCUT2D eigenvalue weighted by molar-refractivity contribution is 6.08. The second-order valence-corrected chi connectivity index (χ2v) is 5.68. The third kappa shape index (κ3) is 2.12. The predicted octanol–water partition coefficient (Wildman–Crippen LogP) is 1.32. The van der Waals surface area contributed by atoms with E-state index >= 15 is 0 Å². The van der Waals surface area contributed by atoms with Gasteiger partial charge in [-0.15, -0.1) is 0 Å². The molecular weight excluding hydrogens is 296 g/mol. The first kappa shape index (κ1) is 14.0. The van der Waals surface area contributed by atoms with Gasteiger partial charge in [0.1, 0.15) is 23.2 Å². The van der Waals surface area contributed by atoms with Crippen molar-refractivity contribution in [3.63, 3.8) is 0 Å². The molecule has 7 nitrogen and oxygen atoms in total. The van der Waals surface area contributed by atoms with Gasteiger partial charge in [0.25, 0.3) is 0 Å². The monoisotopic (exact) mass is 312 g/mol. The molecule has 2 N–H and O–H groups in total. The summed E-state index contributed by atoms with van der Waals surface area (Å²) in [6.07, 6.45) is 1.48. The Morgan fingerprint density at radius 2 is 2.09 bits per heavy atom. The van der Waals surface area contributed by atoms with Gasteiger partial charge in [-0.3, -0.25) is 4.79 Å². The molecule has 1 aromatic heterocycles. The van der Waals surface area contributed by atoms with Crippen molar-refractivity contribution in [3.8, 4) is 5.75 Å². The van der Waals surface area contributed by atoms with Crippen LogP contribution in [0.1, 0.15) is 11.3 Å². The molecule has 23 heavy (non-hydrogen) atoms. The van der Waals surface area contributed by atoms with Gasteiger partial charge in [0.05, 0.1) is 26.0 Å². The van der Waals surface area contributed by atoms with Gasteiger partial charge in [0, 0.05) is 6.54 Å². The fraction of sp³-hybridized carbons (Fsp3) is 0.312. The second kappa shape index (κ2) is 5.20. The van der Waals surface area contributed by atoms with Crippen LogP contribution in [-0.2, 0) is 21.5 Å². The molecule has 1 spiro atoms. The molecule has 2 aliphatic heterocycles. The number of carbonyl (C=O) groups excluding carboxylic acids is 1. The quantitative estimate of drug-likeness (QED) is 0.885. The first-order chi connectivity index (χ1) is 11.2. The first-order valence-electron chi connectivity index (χ1n) is 7.34. The standard InChI is InChI=1S/C16H16N4O3/c1-22-11-4-2-10(3-5-11)6-17-14-12-13(18-9-19-14)16(7-23-8-16)15(21)20-12/h2-5,9H,6-8H2,1H3,(H,20,21)(H,17,18,19). The maximum Gasteiger partial charge on any atom is 0.241 e. The number of hydrogen-bond donors (Lipinski definition) is 2. The Kier molecular flexibility index (Phi) is 3.16. The molecule has 1 aromatic carbocycles. The Labute approximate surface area is 133 Å². The van der Waals surface area contributed by atoms with Crippen LogP contribution >= 0.6 is 0 Å². The smallest absolute Gasteiger partial charge is 0.241 e. The lowest BCUT2D eigenvalue weighted by Gasteiger charge is -2.34. The molecule has 0 aliphatic carbocycles. The number of nitrogens with one attached hydrogen (secondary N) is 2. The second-order valence-electron chi connectivity index (χ2n) is 5.68. The largest absolute Gasteiger partial charge is 0.497 e. The molecule has 7 heteroatoms. The SMILES string of the molecule is COc1ccc(CNc2ncnc3c2NC(=O)C32COC2)cc1. The summed E-state index contributed by atoms with van der Waals surface area (Å²) in [5, 5.41) is 6.14. The van der Waals surface area contributed by atoms with Gasteiger partial charge in [-0.05, 0) is 17.7 Å². The maximum atomic E-state index is 12.2. The average molecular weight is 312 g/mol. The van der Waals surface area contributed by atoms with E-state index in [9.17, 15) is 4.79 Å². The number of benzene rings is 1. The molecule has 0 unspecified atom stereocenters. The minimum Gasteiger partial charge on any atom is -0.497 e. The van der Waals surface area contributed by atoms with Crippen molar-refractivity contribution in [1.29, 1.82) is 0 Å². The molecule has 0 atom stereocenters. The topological polar surface area (TPSA) is 85.4 Å². The molecule has 0 saturated carbocycles. The molecule has 2 aromatic rings. The maximum absolute atomic E-state index is 12.2. The Hall–Kier alpha value is -2.67. The molecule has 0 radical (unpaired) electrons. The van der Waals surface area contributed by atoms with Crippen molar-refractivity contribution in [1.82, 2.24) is 9.97 Å². The minimum absolute atomic E-state index is 0.0632. The highest BCUT2D eigenvalue weighted by Crippen LogP contribution is 2.43. The van der Waals surface area contributed by atoms with E-state index in [4.69, 9.17) is 9.47 Å². The first-order valence-corrected chi connectivity index (χ1v) is 7.34. The van der Waals surface area contributed by atoms with Crippen molar-refractivity contribution in [2.45, 2.75) is 12.0 Å². The van der Waals surface area contributed by atoms with E-state index in [1.165, 1.54) is 6.33 Å². The summed E-state index contributed by atoms with van der Waals surface area (Å²) >= 11 is 0. The summed E-state index contributed by atoms with van der Waals surface area (Å²) in [6.45, 7) is 1.34. The lowest BCUT2D eigenvalue weighted by atomic mass is 9.83. The molecule has 4 rings (SSSR count). The van der Waals surface area contributed by atoms with Crippen LogP contribution in [0.15, 0.2) is 30.6 Å². The number of amides is 1. The van der Waals surface area contributed by atoms with Crippen LogP contribution in [0.2, 0.25) is 0 Å². The summed E-state index contributed by atoms with van der Waals surface area (Å²) in [7, 11) is 1.64. The van der Waals surface area contributed by atoms with Gasteiger partial charge >= 0.3 is 0 Å². The van der Waals surface area contributed by atoms with Crippen LogP contribution in [0.5, 0.6) is 5.75 Å². The number of aromatic nitrogens is 2.